The number of carbonyl (C=O) groups is 1. The van der Waals surface area contributed by atoms with Crippen LogP contribution in [0.25, 0.3) is 11.3 Å². The molecule has 0 spiro atoms. The third kappa shape index (κ3) is 4.26. The number of piperazine rings is 1. The van der Waals surface area contributed by atoms with Crippen molar-refractivity contribution in [2.45, 2.75) is 26.9 Å². The Morgan fingerprint density at radius 3 is 2.37 bits per heavy atom. The topological polar surface area (TPSA) is 49.6 Å². The van der Waals surface area contributed by atoms with E-state index in [4.69, 9.17) is 4.42 Å². The molecule has 1 aromatic carbocycles. The van der Waals surface area contributed by atoms with Crippen LogP contribution in [0.3, 0.4) is 0 Å². The molecule has 5 nitrogen and oxygen atoms in total. The van der Waals surface area contributed by atoms with E-state index in [1.54, 1.807) is 6.07 Å². The number of benzene rings is 1. The number of halogens is 3. The van der Waals surface area contributed by atoms with Gasteiger partial charge in [0.25, 0.3) is 6.01 Å². The molecule has 0 bridgehead atoms. The largest absolute Gasteiger partial charge is 0.423 e. The lowest BCUT2D eigenvalue weighted by Gasteiger charge is -2.37. The van der Waals surface area contributed by atoms with Gasteiger partial charge in [0, 0.05) is 37.2 Å². The Labute approximate surface area is 155 Å². The molecule has 8 heteroatoms. The minimum Gasteiger partial charge on any atom is -0.423 e. The number of hydrogen-bond acceptors (Lipinski definition) is 4. The van der Waals surface area contributed by atoms with Gasteiger partial charge in [0.15, 0.2) is 5.76 Å². The predicted molar refractivity (Wildman–Crippen MR) is 95.2 cm³/mol. The average molecular weight is 381 g/mol. The van der Waals surface area contributed by atoms with Crippen molar-refractivity contribution in [3.05, 3.63) is 36.0 Å². The monoisotopic (exact) mass is 381 g/mol. The zero-order valence-electron chi connectivity index (χ0n) is 15.5. The molecule has 0 saturated carbocycles. The number of rotatable bonds is 2. The summed E-state index contributed by atoms with van der Waals surface area (Å²) in [7, 11) is 0. The van der Waals surface area contributed by atoms with Crippen LogP contribution in [0.15, 0.2) is 34.9 Å². The van der Waals surface area contributed by atoms with Gasteiger partial charge in [0.1, 0.15) is 0 Å². The highest BCUT2D eigenvalue weighted by Gasteiger charge is 2.32. The molecule has 3 rings (SSSR count). The zero-order chi connectivity index (χ0) is 19.8. The van der Waals surface area contributed by atoms with Gasteiger partial charge in [-0.05, 0) is 12.1 Å². The Kier molecular flexibility index (Phi) is 4.92. The smallest absolute Gasteiger partial charge is 0.416 e. The summed E-state index contributed by atoms with van der Waals surface area (Å²) in [6, 6.07) is 5.32. The number of alkyl halides is 3. The van der Waals surface area contributed by atoms with Gasteiger partial charge in [-0.25, -0.2) is 4.98 Å². The number of aromatic nitrogens is 1. The lowest BCUT2D eigenvalue weighted by molar-refractivity contribution is -0.140. The first-order valence-corrected chi connectivity index (χ1v) is 8.73. The zero-order valence-corrected chi connectivity index (χ0v) is 15.5. The lowest BCUT2D eigenvalue weighted by Crippen LogP contribution is -2.51. The summed E-state index contributed by atoms with van der Waals surface area (Å²) in [5, 5.41) is 0. The molecule has 0 N–H and O–H groups in total. The first kappa shape index (κ1) is 19.3. The normalized spacial score (nSPS) is 15.9. The van der Waals surface area contributed by atoms with Crippen LogP contribution in [0.5, 0.6) is 0 Å². The maximum Gasteiger partial charge on any atom is 0.416 e. The van der Waals surface area contributed by atoms with Crippen molar-refractivity contribution < 1.29 is 22.4 Å². The van der Waals surface area contributed by atoms with E-state index in [-0.39, 0.29) is 11.7 Å². The molecular weight excluding hydrogens is 359 g/mol. The van der Waals surface area contributed by atoms with Gasteiger partial charge in [-0.2, -0.15) is 13.2 Å². The fourth-order valence-electron chi connectivity index (χ4n) is 2.97. The van der Waals surface area contributed by atoms with Crippen molar-refractivity contribution in [3.63, 3.8) is 0 Å². The van der Waals surface area contributed by atoms with Gasteiger partial charge in [-0.15, -0.1) is 0 Å². The maximum absolute atomic E-state index is 12.9. The summed E-state index contributed by atoms with van der Waals surface area (Å²) in [6.45, 7) is 7.88. The minimum absolute atomic E-state index is 0.0965. The Hall–Kier alpha value is -2.51. The molecule has 27 heavy (non-hydrogen) atoms. The van der Waals surface area contributed by atoms with Crippen molar-refractivity contribution in [1.82, 2.24) is 9.88 Å². The Bertz CT molecular complexity index is 816. The van der Waals surface area contributed by atoms with Gasteiger partial charge >= 0.3 is 6.18 Å². The van der Waals surface area contributed by atoms with Crippen LogP contribution < -0.4 is 4.90 Å². The molecular formula is C19H22F3N3O2. The van der Waals surface area contributed by atoms with E-state index in [0.717, 1.165) is 12.1 Å². The van der Waals surface area contributed by atoms with Gasteiger partial charge in [0.05, 0.1) is 11.8 Å². The second kappa shape index (κ2) is 6.90. The summed E-state index contributed by atoms with van der Waals surface area (Å²) in [4.78, 5) is 20.2. The van der Waals surface area contributed by atoms with E-state index in [9.17, 15) is 18.0 Å². The molecule has 1 aliphatic rings. The number of carbonyl (C=O) groups excluding carboxylic acids is 1. The Morgan fingerprint density at radius 1 is 1.11 bits per heavy atom. The molecule has 1 saturated heterocycles. The lowest BCUT2D eigenvalue weighted by atomic mass is 9.94. The van der Waals surface area contributed by atoms with Crippen LogP contribution in [-0.4, -0.2) is 42.0 Å². The molecule has 1 aliphatic heterocycles. The average Bonchev–Trinajstić information content (AvgIpc) is 3.10. The standard InChI is InChI=1S/C19H22F3N3O2/c1-18(2,3)16(26)24-7-9-25(10-8-24)17-23-12-15(27-17)13-5-4-6-14(11-13)19(20,21)22/h4-6,11-12H,7-10H2,1-3H3. The molecule has 1 amide bonds. The first-order chi connectivity index (χ1) is 12.6. The van der Waals surface area contributed by atoms with E-state index < -0.39 is 17.2 Å². The molecule has 1 aromatic heterocycles. The van der Waals surface area contributed by atoms with E-state index in [1.807, 2.05) is 30.6 Å². The molecule has 0 atom stereocenters. The SMILES string of the molecule is CC(C)(C)C(=O)N1CCN(c2ncc(-c3cccc(C(F)(F)F)c3)o2)CC1. The van der Waals surface area contributed by atoms with Crippen LogP contribution in [-0.2, 0) is 11.0 Å². The summed E-state index contributed by atoms with van der Waals surface area (Å²) in [5.74, 6) is 0.378. The Morgan fingerprint density at radius 2 is 1.78 bits per heavy atom. The molecule has 0 radical (unpaired) electrons. The third-order valence-electron chi connectivity index (χ3n) is 4.45. The highest BCUT2D eigenvalue weighted by Crippen LogP contribution is 2.33. The Balaban J connectivity index is 1.70. The molecule has 2 heterocycles. The summed E-state index contributed by atoms with van der Waals surface area (Å²) in [6.07, 6.45) is -2.98. The molecule has 2 aromatic rings. The second-order valence-electron chi connectivity index (χ2n) is 7.61. The number of hydrogen-bond donors (Lipinski definition) is 0. The van der Waals surface area contributed by atoms with Crippen molar-refractivity contribution in [2.24, 2.45) is 5.41 Å². The van der Waals surface area contributed by atoms with Gasteiger partial charge < -0.3 is 14.2 Å². The highest BCUT2D eigenvalue weighted by atomic mass is 19.4. The summed E-state index contributed by atoms with van der Waals surface area (Å²) in [5.41, 5.74) is -0.834. The first-order valence-electron chi connectivity index (χ1n) is 8.73. The number of oxazole rings is 1. The van der Waals surface area contributed by atoms with E-state index in [2.05, 4.69) is 4.98 Å². The van der Waals surface area contributed by atoms with E-state index >= 15 is 0 Å². The van der Waals surface area contributed by atoms with Gasteiger partial charge in [0.2, 0.25) is 5.91 Å². The van der Waals surface area contributed by atoms with Crippen molar-refractivity contribution in [1.29, 1.82) is 0 Å². The predicted octanol–water partition coefficient (Wildman–Crippen LogP) is 4.06. The van der Waals surface area contributed by atoms with Gasteiger partial charge in [-0.3, -0.25) is 4.79 Å². The van der Waals surface area contributed by atoms with E-state index in [0.29, 0.717) is 37.8 Å². The van der Waals surface area contributed by atoms with Crippen LogP contribution in [0.4, 0.5) is 19.2 Å². The second-order valence-corrected chi connectivity index (χ2v) is 7.61. The van der Waals surface area contributed by atoms with Gasteiger partial charge in [-0.1, -0.05) is 32.9 Å². The highest BCUT2D eigenvalue weighted by molar-refractivity contribution is 5.81. The van der Waals surface area contributed by atoms with Crippen LogP contribution in [0.2, 0.25) is 0 Å². The maximum atomic E-state index is 12.9. The third-order valence-corrected chi connectivity index (χ3v) is 4.45. The fraction of sp³-hybridized carbons (Fsp3) is 0.474. The summed E-state index contributed by atoms with van der Waals surface area (Å²) < 4.78 is 44.3. The van der Waals surface area contributed by atoms with Crippen LogP contribution in [0.1, 0.15) is 26.3 Å². The number of anilines is 1. The van der Waals surface area contributed by atoms with E-state index in [1.165, 1.54) is 12.3 Å². The fourth-order valence-corrected chi connectivity index (χ4v) is 2.97. The summed E-state index contributed by atoms with van der Waals surface area (Å²) >= 11 is 0. The number of amides is 1. The quantitative estimate of drug-likeness (QED) is 0.787. The van der Waals surface area contributed by atoms with Crippen molar-refractivity contribution in [3.8, 4) is 11.3 Å². The minimum atomic E-state index is -4.41. The molecule has 0 unspecified atom stereocenters. The van der Waals surface area contributed by atoms with Crippen LogP contribution >= 0.6 is 0 Å². The van der Waals surface area contributed by atoms with Crippen LogP contribution in [0, 0.1) is 5.41 Å². The molecule has 146 valence electrons. The molecule has 1 fully saturated rings. The van der Waals surface area contributed by atoms with Crippen molar-refractivity contribution in [2.75, 3.05) is 31.1 Å². The number of nitrogens with zero attached hydrogens (tertiary/aromatic N) is 3. The van der Waals surface area contributed by atoms with Crippen molar-refractivity contribution >= 4 is 11.9 Å². The molecule has 0 aliphatic carbocycles.